The minimum Gasteiger partial charge on any atom is -0.481 e. The molecule has 1 aliphatic rings. The van der Waals surface area contributed by atoms with E-state index in [2.05, 4.69) is 31.1 Å². The number of likely N-dealkylation sites (N-methyl/N-ethyl adjacent to an activating group) is 1. The van der Waals surface area contributed by atoms with Crippen LogP contribution in [0.15, 0.2) is 0 Å². The zero-order chi connectivity index (χ0) is 13.0. The van der Waals surface area contributed by atoms with E-state index in [-0.39, 0.29) is 19.0 Å². The predicted octanol–water partition coefficient (Wildman–Crippen LogP) is 0.195. The molecule has 0 radical (unpaired) electrons. The van der Waals surface area contributed by atoms with Crippen LogP contribution in [-0.4, -0.2) is 65.7 Å². The molecule has 6 heteroatoms. The standard InChI is InChI=1S/C11H21N3O3/c1-8-6-14(7-9(2)13(8)3)11(17)12-5-4-10(15)16/h8-9H,4-7H2,1-3H3,(H,12,17)(H,15,16). The maximum Gasteiger partial charge on any atom is 0.317 e. The Bertz CT molecular complexity index is 284. The van der Waals surface area contributed by atoms with Gasteiger partial charge in [0.05, 0.1) is 6.42 Å². The maximum absolute atomic E-state index is 11.8. The van der Waals surface area contributed by atoms with Gasteiger partial charge in [0.2, 0.25) is 0 Å². The number of hydrogen-bond donors (Lipinski definition) is 2. The van der Waals surface area contributed by atoms with Crippen molar-refractivity contribution in [1.29, 1.82) is 0 Å². The van der Waals surface area contributed by atoms with Gasteiger partial charge in [0.1, 0.15) is 0 Å². The minimum atomic E-state index is -0.898. The zero-order valence-electron chi connectivity index (χ0n) is 10.6. The Morgan fingerprint density at radius 2 is 1.82 bits per heavy atom. The largest absolute Gasteiger partial charge is 0.481 e. The predicted molar refractivity (Wildman–Crippen MR) is 63.9 cm³/mol. The number of rotatable bonds is 3. The van der Waals surface area contributed by atoms with Crippen LogP contribution in [-0.2, 0) is 4.79 Å². The smallest absolute Gasteiger partial charge is 0.317 e. The molecule has 0 spiro atoms. The van der Waals surface area contributed by atoms with Gasteiger partial charge in [-0.15, -0.1) is 0 Å². The monoisotopic (exact) mass is 243 g/mol. The van der Waals surface area contributed by atoms with Crippen LogP contribution in [0, 0.1) is 0 Å². The van der Waals surface area contributed by atoms with Gasteiger partial charge in [-0.25, -0.2) is 4.79 Å². The first-order valence-corrected chi connectivity index (χ1v) is 5.88. The topological polar surface area (TPSA) is 72.9 Å². The quantitative estimate of drug-likeness (QED) is 0.742. The summed E-state index contributed by atoms with van der Waals surface area (Å²) >= 11 is 0. The van der Waals surface area contributed by atoms with Crippen LogP contribution < -0.4 is 5.32 Å². The first kappa shape index (κ1) is 13.8. The Balaban J connectivity index is 2.39. The van der Waals surface area contributed by atoms with E-state index in [1.165, 1.54) is 0 Å². The van der Waals surface area contributed by atoms with E-state index in [4.69, 9.17) is 5.11 Å². The number of nitrogens with zero attached hydrogens (tertiary/aromatic N) is 2. The lowest BCUT2D eigenvalue weighted by Gasteiger charge is -2.42. The summed E-state index contributed by atoms with van der Waals surface area (Å²) < 4.78 is 0. The average molecular weight is 243 g/mol. The molecule has 2 unspecified atom stereocenters. The highest BCUT2D eigenvalue weighted by Crippen LogP contribution is 2.12. The number of carbonyl (C=O) groups is 2. The van der Waals surface area contributed by atoms with Crippen LogP contribution in [0.3, 0.4) is 0 Å². The molecule has 1 rings (SSSR count). The average Bonchev–Trinajstić information content (AvgIpc) is 2.24. The molecule has 0 saturated carbocycles. The first-order chi connectivity index (χ1) is 7.91. The summed E-state index contributed by atoms with van der Waals surface area (Å²) in [7, 11) is 2.05. The van der Waals surface area contributed by atoms with E-state index in [1.54, 1.807) is 4.90 Å². The van der Waals surface area contributed by atoms with Crippen molar-refractivity contribution in [3.05, 3.63) is 0 Å². The lowest BCUT2D eigenvalue weighted by Crippen LogP contribution is -2.58. The Kier molecular flexibility index (Phi) is 4.74. The lowest BCUT2D eigenvalue weighted by atomic mass is 10.1. The van der Waals surface area contributed by atoms with Gasteiger partial charge in [0.25, 0.3) is 0 Å². The van der Waals surface area contributed by atoms with E-state index in [0.29, 0.717) is 25.2 Å². The van der Waals surface area contributed by atoms with Crippen molar-refractivity contribution >= 4 is 12.0 Å². The highest BCUT2D eigenvalue weighted by molar-refractivity contribution is 5.75. The third kappa shape index (κ3) is 3.89. The number of urea groups is 1. The molecule has 0 bridgehead atoms. The normalized spacial score (nSPS) is 25.7. The van der Waals surface area contributed by atoms with Crippen molar-refractivity contribution in [2.45, 2.75) is 32.4 Å². The molecule has 1 fully saturated rings. The van der Waals surface area contributed by atoms with Gasteiger partial charge >= 0.3 is 12.0 Å². The van der Waals surface area contributed by atoms with Gasteiger partial charge in [-0.05, 0) is 20.9 Å². The minimum absolute atomic E-state index is 0.0371. The Morgan fingerprint density at radius 3 is 2.29 bits per heavy atom. The third-order valence-corrected chi connectivity index (χ3v) is 3.26. The number of carboxylic acid groups (broad SMARTS) is 1. The van der Waals surface area contributed by atoms with Crippen LogP contribution in [0.4, 0.5) is 4.79 Å². The molecule has 2 amide bonds. The molecule has 0 aliphatic carbocycles. The maximum atomic E-state index is 11.8. The molecule has 2 atom stereocenters. The Labute approximate surface area is 102 Å². The molecule has 1 heterocycles. The number of carbonyl (C=O) groups excluding carboxylic acids is 1. The van der Waals surface area contributed by atoms with Crippen molar-refractivity contribution in [2.75, 3.05) is 26.7 Å². The molecule has 98 valence electrons. The van der Waals surface area contributed by atoms with Crippen molar-refractivity contribution in [1.82, 2.24) is 15.1 Å². The van der Waals surface area contributed by atoms with Crippen molar-refractivity contribution in [3.63, 3.8) is 0 Å². The highest BCUT2D eigenvalue weighted by atomic mass is 16.4. The summed E-state index contributed by atoms with van der Waals surface area (Å²) in [5, 5.41) is 11.1. The highest BCUT2D eigenvalue weighted by Gasteiger charge is 2.28. The van der Waals surface area contributed by atoms with E-state index in [9.17, 15) is 9.59 Å². The van der Waals surface area contributed by atoms with Crippen molar-refractivity contribution in [2.24, 2.45) is 0 Å². The van der Waals surface area contributed by atoms with Crippen LogP contribution in [0.2, 0.25) is 0 Å². The van der Waals surface area contributed by atoms with E-state index in [0.717, 1.165) is 0 Å². The summed E-state index contributed by atoms with van der Waals surface area (Å²) in [6, 6.07) is 0.478. The molecule has 6 nitrogen and oxygen atoms in total. The third-order valence-electron chi connectivity index (χ3n) is 3.26. The fraction of sp³-hybridized carbons (Fsp3) is 0.818. The van der Waals surface area contributed by atoms with Gasteiger partial charge in [-0.1, -0.05) is 0 Å². The zero-order valence-corrected chi connectivity index (χ0v) is 10.6. The molecule has 0 aromatic heterocycles. The molecular formula is C11H21N3O3. The van der Waals surface area contributed by atoms with Gasteiger partial charge in [-0.2, -0.15) is 0 Å². The second-order valence-electron chi connectivity index (χ2n) is 4.64. The van der Waals surface area contributed by atoms with Crippen molar-refractivity contribution < 1.29 is 14.7 Å². The number of piperazine rings is 1. The first-order valence-electron chi connectivity index (χ1n) is 5.88. The molecule has 2 N–H and O–H groups in total. The lowest BCUT2D eigenvalue weighted by molar-refractivity contribution is -0.136. The SMILES string of the molecule is CC1CN(C(=O)NCCC(=O)O)CC(C)N1C. The summed E-state index contributed by atoms with van der Waals surface area (Å²) in [6.07, 6.45) is -0.0371. The van der Waals surface area contributed by atoms with Crippen LogP contribution in [0.5, 0.6) is 0 Å². The van der Waals surface area contributed by atoms with Crippen LogP contribution in [0.1, 0.15) is 20.3 Å². The van der Waals surface area contributed by atoms with E-state index < -0.39 is 5.97 Å². The van der Waals surface area contributed by atoms with Gasteiger partial charge in [0, 0.05) is 31.7 Å². The van der Waals surface area contributed by atoms with Crippen LogP contribution >= 0.6 is 0 Å². The van der Waals surface area contributed by atoms with Crippen molar-refractivity contribution in [3.8, 4) is 0 Å². The second-order valence-corrected chi connectivity index (χ2v) is 4.64. The number of nitrogens with one attached hydrogen (secondary N) is 1. The summed E-state index contributed by atoms with van der Waals surface area (Å²) in [4.78, 5) is 26.1. The second kappa shape index (κ2) is 5.86. The molecule has 1 aliphatic heterocycles. The number of amides is 2. The number of carboxylic acids is 1. The summed E-state index contributed by atoms with van der Waals surface area (Å²) in [5.41, 5.74) is 0. The van der Waals surface area contributed by atoms with E-state index in [1.807, 2.05) is 0 Å². The molecule has 17 heavy (non-hydrogen) atoms. The fourth-order valence-corrected chi connectivity index (χ4v) is 1.96. The van der Waals surface area contributed by atoms with Gasteiger partial charge < -0.3 is 15.3 Å². The fourth-order valence-electron chi connectivity index (χ4n) is 1.96. The summed E-state index contributed by atoms with van der Waals surface area (Å²) in [5.74, 6) is -0.898. The molecular weight excluding hydrogens is 222 g/mol. The van der Waals surface area contributed by atoms with Gasteiger partial charge in [-0.3, -0.25) is 9.69 Å². The van der Waals surface area contributed by atoms with E-state index >= 15 is 0 Å². The van der Waals surface area contributed by atoms with Gasteiger partial charge in [0.15, 0.2) is 0 Å². The Hall–Kier alpha value is -1.30. The molecule has 0 aromatic carbocycles. The molecule has 1 saturated heterocycles. The number of aliphatic carboxylic acids is 1. The molecule has 0 aromatic rings. The Morgan fingerprint density at radius 1 is 1.29 bits per heavy atom. The number of hydrogen-bond acceptors (Lipinski definition) is 3. The van der Waals surface area contributed by atoms with Crippen LogP contribution in [0.25, 0.3) is 0 Å². The summed E-state index contributed by atoms with van der Waals surface area (Å²) in [6.45, 7) is 5.70.